The van der Waals surface area contributed by atoms with Crippen molar-refractivity contribution in [2.24, 2.45) is 11.8 Å². The van der Waals surface area contributed by atoms with Crippen molar-refractivity contribution in [1.29, 1.82) is 0 Å². The van der Waals surface area contributed by atoms with Gasteiger partial charge >= 0.3 is 5.97 Å². The number of rotatable bonds is 22. The number of carbonyl (C=O) groups excluding carboxylic acids is 4. The van der Waals surface area contributed by atoms with Crippen LogP contribution in [0, 0.1) is 11.8 Å². The lowest BCUT2D eigenvalue weighted by molar-refractivity contribution is -0.142. The zero-order chi connectivity index (χ0) is 38.1. The minimum absolute atomic E-state index is 0.00529. The standard InChI is InChI=1S/C38H53N5O8/c1-7-17-43(18-8-2)33(22-27-11-15-29(45)16-12-27)37(49)41-30(19-24(3)4)35(47)39-23-34(46)40-31(21-26-9-13-28(44)14-10-26)36(48)42-32(38(50)51)20-25(5)6/h7-16,24-25,30-33,44-45H,1-2,17-23H2,3-6H3,(H,39,47)(H,40,46)(H,41,49)(H,42,48)(H,50,51)/t30-,31-,32-,33-/m0/s1. The van der Waals surface area contributed by atoms with Crippen LogP contribution in [0.3, 0.4) is 0 Å². The minimum Gasteiger partial charge on any atom is -0.508 e. The van der Waals surface area contributed by atoms with E-state index in [9.17, 15) is 39.3 Å². The van der Waals surface area contributed by atoms with Crippen molar-refractivity contribution in [2.45, 2.75) is 77.5 Å². The molecule has 278 valence electrons. The molecule has 0 saturated heterocycles. The summed E-state index contributed by atoms with van der Waals surface area (Å²) < 4.78 is 0. The van der Waals surface area contributed by atoms with Crippen molar-refractivity contribution in [1.82, 2.24) is 26.2 Å². The lowest BCUT2D eigenvalue weighted by Crippen LogP contribution is -2.56. The van der Waals surface area contributed by atoms with E-state index in [1.807, 2.05) is 32.6 Å². The zero-order valence-electron chi connectivity index (χ0n) is 29.9. The number of phenolic OH excluding ortho intramolecular Hbond substituents is 2. The van der Waals surface area contributed by atoms with Gasteiger partial charge in [0.15, 0.2) is 0 Å². The van der Waals surface area contributed by atoms with Crippen LogP contribution in [0.15, 0.2) is 73.8 Å². The second-order valence-electron chi connectivity index (χ2n) is 13.3. The highest BCUT2D eigenvalue weighted by molar-refractivity contribution is 5.94. The van der Waals surface area contributed by atoms with E-state index < -0.39 is 60.3 Å². The quantitative estimate of drug-likeness (QED) is 0.0900. The van der Waals surface area contributed by atoms with Crippen molar-refractivity contribution in [3.05, 3.63) is 85.0 Å². The Balaban J connectivity index is 2.22. The summed E-state index contributed by atoms with van der Waals surface area (Å²) in [6, 6.07) is 8.42. The molecule has 2 aromatic carbocycles. The van der Waals surface area contributed by atoms with Gasteiger partial charge in [-0.2, -0.15) is 0 Å². The highest BCUT2D eigenvalue weighted by Crippen LogP contribution is 2.16. The number of hydrogen-bond acceptors (Lipinski definition) is 8. The number of aliphatic carboxylic acids is 1. The maximum Gasteiger partial charge on any atom is 0.326 e. The average molecular weight is 708 g/mol. The van der Waals surface area contributed by atoms with Gasteiger partial charge in [0.05, 0.1) is 12.6 Å². The predicted octanol–water partition coefficient (Wildman–Crippen LogP) is 2.67. The first-order valence-corrected chi connectivity index (χ1v) is 17.1. The molecule has 4 amide bonds. The van der Waals surface area contributed by atoms with Crippen LogP contribution >= 0.6 is 0 Å². The van der Waals surface area contributed by atoms with Crippen LogP contribution in [0.25, 0.3) is 0 Å². The SMILES string of the molecule is C=CCN(CC=C)[C@@H](Cc1ccc(O)cc1)C(=O)N[C@@H](CC(C)C)C(=O)NCC(=O)N[C@@H](Cc1ccc(O)cc1)C(=O)N[C@@H](CC(C)C)C(=O)O. The van der Waals surface area contributed by atoms with Crippen LogP contribution in [-0.2, 0) is 36.8 Å². The summed E-state index contributed by atoms with van der Waals surface area (Å²) in [5.74, 6) is -3.58. The summed E-state index contributed by atoms with van der Waals surface area (Å²) in [5, 5.41) is 39.6. The van der Waals surface area contributed by atoms with Crippen molar-refractivity contribution in [3.8, 4) is 11.5 Å². The summed E-state index contributed by atoms with van der Waals surface area (Å²) in [5.41, 5.74) is 1.38. The molecular formula is C38H53N5O8. The molecule has 13 heteroatoms. The lowest BCUT2D eigenvalue weighted by Gasteiger charge is -2.31. The maximum atomic E-state index is 13.8. The van der Waals surface area contributed by atoms with Gasteiger partial charge in [-0.05, 0) is 66.5 Å². The number of phenols is 2. The Morgan fingerprint density at radius 2 is 1.14 bits per heavy atom. The summed E-state index contributed by atoms with van der Waals surface area (Å²) in [4.78, 5) is 67.4. The Hall–Kier alpha value is -5.17. The van der Waals surface area contributed by atoms with Gasteiger partial charge in [0.25, 0.3) is 0 Å². The Morgan fingerprint density at radius 3 is 1.61 bits per heavy atom. The second-order valence-corrected chi connectivity index (χ2v) is 13.3. The second kappa shape index (κ2) is 21.1. The highest BCUT2D eigenvalue weighted by atomic mass is 16.4. The van der Waals surface area contributed by atoms with E-state index in [2.05, 4.69) is 34.4 Å². The van der Waals surface area contributed by atoms with Crippen LogP contribution in [0.5, 0.6) is 11.5 Å². The molecule has 0 heterocycles. The molecule has 0 aliphatic heterocycles. The zero-order valence-corrected chi connectivity index (χ0v) is 29.9. The van der Waals surface area contributed by atoms with E-state index in [4.69, 9.17) is 0 Å². The van der Waals surface area contributed by atoms with Crippen molar-refractivity contribution >= 4 is 29.6 Å². The van der Waals surface area contributed by atoms with Gasteiger partial charge in [-0.1, -0.05) is 64.1 Å². The number of nitrogens with one attached hydrogen (secondary N) is 4. The molecule has 0 bridgehead atoms. The summed E-state index contributed by atoms with van der Waals surface area (Å²) in [6.07, 6.45) is 4.04. The first kappa shape index (κ1) is 42.0. The van der Waals surface area contributed by atoms with E-state index >= 15 is 0 Å². The number of hydrogen-bond donors (Lipinski definition) is 7. The molecule has 0 fully saturated rings. The largest absolute Gasteiger partial charge is 0.508 e. The minimum atomic E-state index is -1.21. The van der Waals surface area contributed by atoms with E-state index in [0.717, 1.165) is 5.56 Å². The van der Waals surface area contributed by atoms with Crippen LogP contribution in [0.1, 0.15) is 51.7 Å². The summed E-state index contributed by atoms with van der Waals surface area (Å²) in [6.45, 7) is 15.2. The van der Waals surface area contributed by atoms with Gasteiger partial charge in [-0.3, -0.25) is 24.1 Å². The van der Waals surface area contributed by atoms with Crippen LogP contribution < -0.4 is 21.3 Å². The van der Waals surface area contributed by atoms with Crippen LogP contribution in [-0.4, -0.2) is 93.6 Å². The maximum absolute atomic E-state index is 13.8. The van der Waals surface area contributed by atoms with Gasteiger partial charge in [0.1, 0.15) is 29.6 Å². The molecule has 51 heavy (non-hydrogen) atoms. The van der Waals surface area contributed by atoms with Crippen LogP contribution in [0.2, 0.25) is 0 Å². The summed E-state index contributed by atoms with van der Waals surface area (Å²) >= 11 is 0. The molecule has 0 radical (unpaired) electrons. The first-order chi connectivity index (χ1) is 24.1. The smallest absolute Gasteiger partial charge is 0.326 e. The third-order valence-corrected chi connectivity index (χ3v) is 7.95. The van der Waals surface area contributed by atoms with Crippen molar-refractivity contribution < 1.29 is 39.3 Å². The third kappa shape index (κ3) is 15.1. The predicted molar refractivity (Wildman–Crippen MR) is 195 cm³/mol. The fourth-order valence-electron chi connectivity index (χ4n) is 5.45. The average Bonchev–Trinajstić information content (AvgIpc) is 3.06. The first-order valence-electron chi connectivity index (χ1n) is 17.1. The van der Waals surface area contributed by atoms with Gasteiger partial charge in [0, 0.05) is 19.5 Å². The van der Waals surface area contributed by atoms with Gasteiger partial charge in [-0.25, -0.2) is 4.79 Å². The lowest BCUT2D eigenvalue weighted by atomic mass is 10.00. The third-order valence-electron chi connectivity index (χ3n) is 7.95. The number of carboxylic acids is 1. The molecule has 4 atom stereocenters. The van der Waals surface area contributed by atoms with Crippen molar-refractivity contribution in [3.63, 3.8) is 0 Å². The Morgan fingerprint density at radius 1 is 0.667 bits per heavy atom. The topological polar surface area (TPSA) is 197 Å². The molecule has 2 aromatic rings. The van der Waals surface area contributed by atoms with Gasteiger partial charge in [0.2, 0.25) is 23.6 Å². The van der Waals surface area contributed by atoms with E-state index in [-0.39, 0.29) is 49.0 Å². The molecule has 0 spiro atoms. The Bertz CT molecular complexity index is 1470. The fourth-order valence-corrected chi connectivity index (χ4v) is 5.45. The normalized spacial score (nSPS) is 13.5. The number of carbonyl (C=O) groups is 5. The number of amides is 4. The number of nitrogens with zero attached hydrogens (tertiary/aromatic N) is 1. The molecule has 0 aliphatic carbocycles. The summed E-state index contributed by atoms with van der Waals surface area (Å²) in [7, 11) is 0. The molecule has 2 rings (SSSR count). The molecule has 0 unspecified atom stereocenters. The number of benzene rings is 2. The Labute approximate surface area is 300 Å². The number of aromatic hydroxyl groups is 2. The molecule has 7 N–H and O–H groups in total. The molecule has 0 saturated carbocycles. The van der Waals surface area contributed by atoms with Crippen LogP contribution in [0.4, 0.5) is 0 Å². The Kier molecular flexibility index (Phi) is 17.4. The molecular weight excluding hydrogens is 654 g/mol. The number of carboxylic acid groups (broad SMARTS) is 1. The fraction of sp³-hybridized carbons (Fsp3) is 0.447. The molecule has 0 aromatic heterocycles. The van der Waals surface area contributed by atoms with E-state index in [1.54, 1.807) is 36.4 Å². The monoisotopic (exact) mass is 707 g/mol. The van der Waals surface area contributed by atoms with Gasteiger partial charge in [-0.15, -0.1) is 13.2 Å². The highest BCUT2D eigenvalue weighted by Gasteiger charge is 2.31. The van der Waals surface area contributed by atoms with Crippen molar-refractivity contribution in [2.75, 3.05) is 19.6 Å². The molecule has 0 aliphatic rings. The van der Waals surface area contributed by atoms with Gasteiger partial charge < -0.3 is 36.6 Å². The molecule has 13 nitrogen and oxygen atoms in total. The van der Waals surface area contributed by atoms with E-state index in [1.165, 1.54) is 24.3 Å². The van der Waals surface area contributed by atoms with E-state index in [0.29, 0.717) is 18.7 Å².